The van der Waals surface area contributed by atoms with Gasteiger partial charge in [-0.25, -0.2) is 0 Å². The highest BCUT2D eigenvalue weighted by molar-refractivity contribution is 5.30. The van der Waals surface area contributed by atoms with E-state index >= 15 is 0 Å². The Bertz CT molecular complexity index is 596. The predicted molar refractivity (Wildman–Crippen MR) is 104 cm³/mol. The van der Waals surface area contributed by atoms with Gasteiger partial charge in [0, 0.05) is 0 Å². The average molecular weight is 343 g/mol. The lowest BCUT2D eigenvalue weighted by Crippen LogP contribution is -2.33. The van der Waals surface area contributed by atoms with Crippen LogP contribution in [0, 0.1) is 17.3 Å². The summed E-state index contributed by atoms with van der Waals surface area (Å²) >= 11 is 0. The third-order valence-electron chi connectivity index (χ3n) is 7.21. The molecule has 0 saturated heterocycles. The van der Waals surface area contributed by atoms with Crippen LogP contribution in [0.2, 0.25) is 0 Å². The number of aliphatic hydroxyl groups excluding tert-OH is 2. The highest BCUT2D eigenvalue weighted by atomic mass is 16.3. The van der Waals surface area contributed by atoms with Crippen LogP contribution in [-0.2, 0) is 0 Å². The lowest BCUT2D eigenvalue weighted by atomic mass is 9.62. The lowest BCUT2D eigenvalue weighted by Gasteiger charge is -2.43. The molecule has 25 heavy (non-hydrogen) atoms. The third-order valence-corrected chi connectivity index (χ3v) is 7.21. The Balaban J connectivity index is 1.79. The average Bonchev–Trinajstić information content (AvgIpc) is 2.94. The van der Waals surface area contributed by atoms with Gasteiger partial charge in [-0.2, -0.15) is 0 Å². The van der Waals surface area contributed by atoms with Crippen LogP contribution < -0.4 is 0 Å². The van der Waals surface area contributed by atoms with Gasteiger partial charge in [0.05, 0.1) is 12.2 Å². The van der Waals surface area contributed by atoms with Crippen molar-refractivity contribution >= 4 is 0 Å². The molecule has 0 spiro atoms. The van der Waals surface area contributed by atoms with Gasteiger partial charge < -0.3 is 10.2 Å². The Labute approximate surface area is 153 Å². The maximum atomic E-state index is 10.0. The van der Waals surface area contributed by atoms with Crippen molar-refractivity contribution in [2.45, 2.75) is 77.4 Å². The Morgan fingerprint density at radius 1 is 1.20 bits per heavy atom. The molecule has 0 aromatic carbocycles. The van der Waals surface area contributed by atoms with Crippen molar-refractivity contribution in [1.82, 2.24) is 0 Å². The van der Waals surface area contributed by atoms with E-state index in [0.29, 0.717) is 35.7 Å². The summed E-state index contributed by atoms with van der Waals surface area (Å²) in [5.74, 6) is 1.33. The van der Waals surface area contributed by atoms with Gasteiger partial charge in [0.1, 0.15) is 0 Å². The Kier molecular flexibility index (Phi) is 5.41. The quantitative estimate of drug-likeness (QED) is 0.701. The molecule has 3 rings (SSSR count). The van der Waals surface area contributed by atoms with Crippen molar-refractivity contribution in [3.63, 3.8) is 0 Å². The summed E-state index contributed by atoms with van der Waals surface area (Å²) in [5.41, 5.74) is 5.07. The van der Waals surface area contributed by atoms with Crippen LogP contribution in [0.15, 0.2) is 47.6 Å². The van der Waals surface area contributed by atoms with E-state index in [1.165, 1.54) is 37.7 Å². The second-order valence-electron chi connectivity index (χ2n) is 8.63. The lowest BCUT2D eigenvalue weighted by molar-refractivity contribution is 0.123. The molecule has 0 aromatic rings. The molecule has 0 aromatic heterocycles. The van der Waals surface area contributed by atoms with E-state index in [1.807, 2.05) is 0 Å². The van der Waals surface area contributed by atoms with Gasteiger partial charge in [-0.1, -0.05) is 55.9 Å². The molecule has 0 radical (unpaired) electrons. The molecule has 3 fully saturated rings. The van der Waals surface area contributed by atoms with E-state index in [0.717, 1.165) is 12.0 Å². The van der Waals surface area contributed by atoms with E-state index in [2.05, 4.69) is 39.2 Å². The van der Waals surface area contributed by atoms with Gasteiger partial charge in [0.2, 0.25) is 0 Å². The van der Waals surface area contributed by atoms with E-state index in [1.54, 1.807) is 5.57 Å². The molecule has 5 atom stereocenters. The van der Waals surface area contributed by atoms with Crippen LogP contribution in [0.3, 0.4) is 0 Å². The molecule has 2 unspecified atom stereocenters. The molecular formula is C23H34O2. The van der Waals surface area contributed by atoms with E-state index < -0.39 is 12.2 Å². The molecule has 3 aliphatic carbocycles. The van der Waals surface area contributed by atoms with Crippen LogP contribution in [0.5, 0.6) is 0 Å². The second kappa shape index (κ2) is 7.25. The highest BCUT2D eigenvalue weighted by Crippen LogP contribution is 2.59. The smallest absolute Gasteiger partial charge is 0.0809 e. The Hall–Kier alpha value is -1.12. The first-order valence-electron chi connectivity index (χ1n) is 9.97. The molecule has 2 N–H and O–H groups in total. The standard InChI is InChI=1S/C23H34O2/c1-5-15(2)19-10-11-20-18(7-6-12-23(19,20)4)9-8-17-13-21(24)16(3)22(25)14-17/h8-9,19-22,24-25H,2-3,5-7,10-14H2,1,4H3/t19?,20?,21-,22-,23-/m1/s1. The Morgan fingerprint density at radius 3 is 2.52 bits per heavy atom. The maximum absolute atomic E-state index is 10.0. The van der Waals surface area contributed by atoms with Crippen molar-refractivity contribution in [3.05, 3.63) is 47.6 Å². The topological polar surface area (TPSA) is 40.5 Å². The van der Waals surface area contributed by atoms with Gasteiger partial charge in [-0.05, 0) is 74.2 Å². The van der Waals surface area contributed by atoms with Crippen molar-refractivity contribution in [2.75, 3.05) is 0 Å². The minimum atomic E-state index is -0.603. The summed E-state index contributed by atoms with van der Waals surface area (Å²) in [6.45, 7) is 12.9. The normalized spacial score (nSPS) is 40.2. The molecule has 3 saturated carbocycles. The van der Waals surface area contributed by atoms with E-state index in [4.69, 9.17) is 0 Å². The van der Waals surface area contributed by atoms with Gasteiger partial charge in [-0.15, -0.1) is 0 Å². The maximum Gasteiger partial charge on any atom is 0.0809 e. The van der Waals surface area contributed by atoms with Crippen LogP contribution in [0.25, 0.3) is 0 Å². The van der Waals surface area contributed by atoms with Crippen molar-refractivity contribution in [2.24, 2.45) is 17.3 Å². The Morgan fingerprint density at radius 2 is 1.88 bits per heavy atom. The first kappa shape index (κ1) is 18.7. The van der Waals surface area contributed by atoms with Crippen LogP contribution in [0.1, 0.15) is 65.2 Å². The SMILES string of the molecule is C=C(CC)C1CCC2C(=CC=C3C[C@@H](O)C(=C)[C@H](O)C3)CCC[C@]12C. The fraction of sp³-hybridized carbons (Fsp3) is 0.652. The summed E-state index contributed by atoms with van der Waals surface area (Å²) in [7, 11) is 0. The zero-order chi connectivity index (χ0) is 18.2. The van der Waals surface area contributed by atoms with E-state index in [9.17, 15) is 10.2 Å². The zero-order valence-electron chi connectivity index (χ0n) is 15.9. The summed E-state index contributed by atoms with van der Waals surface area (Å²) in [4.78, 5) is 0. The molecule has 0 bridgehead atoms. The monoisotopic (exact) mass is 342 g/mol. The zero-order valence-corrected chi connectivity index (χ0v) is 15.9. The number of allylic oxidation sites excluding steroid dienone is 4. The van der Waals surface area contributed by atoms with Crippen LogP contribution in [0.4, 0.5) is 0 Å². The van der Waals surface area contributed by atoms with Gasteiger partial charge in [0.15, 0.2) is 0 Å². The van der Waals surface area contributed by atoms with E-state index in [-0.39, 0.29) is 0 Å². The third kappa shape index (κ3) is 3.44. The fourth-order valence-corrected chi connectivity index (χ4v) is 5.58. The second-order valence-corrected chi connectivity index (χ2v) is 8.63. The molecule has 2 nitrogen and oxygen atoms in total. The predicted octanol–water partition coefficient (Wildman–Crippen LogP) is 5.09. The molecule has 2 heteroatoms. The molecule has 0 amide bonds. The van der Waals surface area contributed by atoms with Crippen molar-refractivity contribution in [1.29, 1.82) is 0 Å². The van der Waals surface area contributed by atoms with Crippen molar-refractivity contribution in [3.8, 4) is 0 Å². The molecule has 138 valence electrons. The highest BCUT2D eigenvalue weighted by Gasteiger charge is 2.49. The summed E-state index contributed by atoms with van der Waals surface area (Å²) in [6.07, 6.45) is 11.9. The number of fused-ring (bicyclic) bond motifs is 1. The largest absolute Gasteiger partial charge is 0.388 e. The van der Waals surface area contributed by atoms with Crippen LogP contribution >= 0.6 is 0 Å². The van der Waals surface area contributed by atoms with Gasteiger partial charge in [-0.3, -0.25) is 0 Å². The van der Waals surface area contributed by atoms with Crippen LogP contribution in [-0.4, -0.2) is 22.4 Å². The fourth-order valence-electron chi connectivity index (χ4n) is 5.58. The number of hydrogen-bond acceptors (Lipinski definition) is 2. The number of aliphatic hydroxyl groups is 2. The summed E-state index contributed by atoms with van der Waals surface area (Å²) in [6, 6.07) is 0. The molecule has 0 aliphatic heterocycles. The van der Waals surface area contributed by atoms with Gasteiger partial charge in [0.25, 0.3) is 0 Å². The van der Waals surface area contributed by atoms with Gasteiger partial charge >= 0.3 is 0 Å². The number of hydrogen-bond donors (Lipinski definition) is 2. The molecular weight excluding hydrogens is 308 g/mol. The first-order chi connectivity index (χ1) is 11.9. The molecule has 0 heterocycles. The first-order valence-corrected chi connectivity index (χ1v) is 9.97. The minimum absolute atomic E-state index is 0.371. The number of rotatable bonds is 3. The summed E-state index contributed by atoms with van der Waals surface area (Å²) in [5, 5.41) is 20.1. The summed E-state index contributed by atoms with van der Waals surface area (Å²) < 4.78 is 0. The van der Waals surface area contributed by atoms with Crippen molar-refractivity contribution < 1.29 is 10.2 Å². The minimum Gasteiger partial charge on any atom is -0.388 e. The molecule has 3 aliphatic rings.